The zero-order valence-corrected chi connectivity index (χ0v) is 7.99. The fourth-order valence-corrected chi connectivity index (χ4v) is 1.09. The van der Waals surface area contributed by atoms with Crippen LogP contribution in [0, 0.1) is 10.1 Å². The van der Waals surface area contributed by atoms with Crippen LogP contribution in [-0.2, 0) is 12.7 Å². The number of nitrogens with zero attached hydrogens (tertiary/aromatic N) is 1. The molecule has 1 aromatic carbocycles. The van der Waals surface area contributed by atoms with Crippen molar-refractivity contribution in [3.8, 4) is 0 Å². The number of halogens is 3. The maximum Gasteiger partial charge on any atom is 0.422 e. The minimum atomic E-state index is -4.73. The molecular formula is C8H7BF3N2O2. The van der Waals surface area contributed by atoms with Crippen LogP contribution in [0.2, 0.25) is 0 Å². The summed E-state index contributed by atoms with van der Waals surface area (Å²) in [5.74, 6) is 0. The molecule has 16 heavy (non-hydrogen) atoms. The van der Waals surface area contributed by atoms with Gasteiger partial charge in [-0.3, -0.25) is 10.1 Å². The average Bonchev–Trinajstić information content (AvgIpc) is 2.15. The van der Waals surface area contributed by atoms with Gasteiger partial charge in [0, 0.05) is 21.0 Å². The quantitative estimate of drug-likeness (QED) is 0.478. The molecule has 0 amide bonds. The van der Waals surface area contributed by atoms with E-state index in [9.17, 15) is 23.3 Å². The molecule has 1 aromatic rings. The summed E-state index contributed by atoms with van der Waals surface area (Å²) < 4.78 is 36.9. The molecule has 0 fully saturated rings. The Hall–Kier alpha value is -1.57. The van der Waals surface area contributed by atoms with E-state index < -0.39 is 22.4 Å². The summed E-state index contributed by atoms with van der Waals surface area (Å²) in [6.07, 6.45) is -4.73. The van der Waals surface area contributed by atoms with E-state index >= 15 is 0 Å². The van der Waals surface area contributed by atoms with Crippen molar-refractivity contribution in [2.75, 3.05) is 0 Å². The average molecular weight is 231 g/mol. The van der Waals surface area contributed by atoms with Crippen molar-refractivity contribution < 1.29 is 18.1 Å². The third-order valence-corrected chi connectivity index (χ3v) is 1.80. The lowest BCUT2D eigenvalue weighted by molar-refractivity contribution is -0.388. The molecule has 2 N–H and O–H groups in total. The SMILES string of the molecule is NCc1ccc(C(F)(F)F)c([N+](=O)[O-])c1.[B]. The number of rotatable bonds is 2. The van der Waals surface area contributed by atoms with Gasteiger partial charge in [0.15, 0.2) is 0 Å². The second-order valence-corrected chi connectivity index (χ2v) is 2.81. The molecule has 0 unspecified atom stereocenters. The number of hydrogen-bond donors (Lipinski definition) is 1. The van der Waals surface area contributed by atoms with Gasteiger partial charge < -0.3 is 5.73 Å². The standard InChI is InChI=1S/C8H7F3N2O2.B/c9-8(10,11)6-2-1-5(4-12)3-7(6)13(14)15;/h1-3H,4,12H2;. The lowest BCUT2D eigenvalue weighted by atomic mass is 10.1. The van der Waals surface area contributed by atoms with Crippen LogP contribution in [0.25, 0.3) is 0 Å². The van der Waals surface area contributed by atoms with Crippen molar-refractivity contribution in [2.24, 2.45) is 5.73 Å². The molecule has 3 radical (unpaired) electrons. The Morgan fingerprint density at radius 3 is 2.31 bits per heavy atom. The van der Waals surface area contributed by atoms with Gasteiger partial charge in [0.2, 0.25) is 0 Å². The molecule has 0 spiro atoms. The first-order valence-electron chi connectivity index (χ1n) is 3.91. The zero-order valence-electron chi connectivity index (χ0n) is 7.99. The molecule has 0 aromatic heterocycles. The Bertz CT molecular complexity index is 395. The minimum Gasteiger partial charge on any atom is -0.326 e. The molecule has 0 saturated carbocycles. The highest BCUT2D eigenvalue weighted by Gasteiger charge is 2.38. The molecule has 1 rings (SSSR count). The molecule has 0 saturated heterocycles. The van der Waals surface area contributed by atoms with Crippen LogP contribution >= 0.6 is 0 Å². The maximum atomic E-state index is 12.3. The van der Waals surface area contributed by atoms with Crippen LogP contribution < -0.4 is 5.73 Å². The molecular weight excluding hydrogens is 224 g/mol. The zero-order chi connectivity index (χ0) is 11.6. The second-order valence-electron chi connectivity index (χ2n) is 2.81. The largest absolute Gasteiger partial charge is 0.422 e. The van der Waals surface area contributed by atoms with Gasteiger partial charge in [0.25, 0.3) is 5.69 Å². The predicted octanol–water partition coefficient (Wildman–Crippen LogP) is 1.69. The summed E-state index contributed by atoms with van der Waals surface area (Å²) in [6.45, 7) is -0.0427. The van der Waals surface area contributed by atoms with Crippen LogP contribution in [0.5, 0.6) is 0 Å². The summed E-state index contributed by atoms with van der Waals surface area (Å²) in [6, 6.07) is 2.62. The van der Waals surface area contributed by atoms with E-state index in [0.29, 0.717) is 6.07 Å². The number of nitrogens with two attached hydrogens (primary N) is 1. The minimum absolute atomic E-state index is 0. The van der Waals surface area contributed by atoms with E-state index in [0.717, 1.165) is 12.1 Å². The number of alkyl halides is 3. The highest BCUT2D eigenvalue weighted by atomic mass is 19.4. The topological polar surface area (TPSA) is 69.2 Å². The smallest absolute Gasteiger partial charge is 0.326 e. The summed E-state index contributed by atoms with van der Waals surface area (Å²) in [7, 11) is 0. The monoisotopic (exact) mass is 231 g/mol. The summed E-state index contributed by atoms with van der Waals surface area (Å²) in [4.78, 5) is 9.33. The normalized spacial score (nSPS) is 10.8. The van der Waals surface area contributed by atoms with Gasteiger partial charge in [-0.05, 0) is 11.6 Å². The second kappa shape index (κ2) is 4.97. The maximum absolute atomic E-state index is 12.3. The first-order valence-corrected chi connectivity index (χ1v) is 3.91. The highest BCUT2D eigenvalue weighted by Crippen LogP contribution is 2.36. The van der Waals surface area contributed by atoms with E-state index in [1.807, 2.05) is 0 Å². The van der Waals surface area contributed by atoms with Crippen molar-refractivity contribution in [3.05, 3.63) is 39.4 Å². The summed E-state index contributed by atoms with van der Waals surface area (Å²) in [5, 5.41) is 10.4. The van der Waals surface area contributed by atoms with Gasteiger partial charge in [-0.25, -0.2) is 0 Å². The Kier molecular flexibility index (Phi) is 4.49. The molecule has 85 valence electrons. The summed E-state index contributed by atoms with van der Waals surface area (Å²) in [5.41, 5.74) is 3.23. The van der Waals surface area contributed by atoms with Crippen LogP contribution in [-0.4, -0.2) is 13.3 Å². The Labute approximate surface area is 91.0 Å². The molecule has 0 aliphatic carbocycles. The lowest BCUT2D eigenvalue weighted by Crippen LogP contribution is -2.10. The van der Waals surface area contributed by atoms with Crippen molar-refractivity contribution in [1.82, 2.24) is 0 Å². The van der Waals surface area contributed by atoms with Crippen LogP contribution in [0.4, 0.5) is 18.9 Å². The van der Waals surface area contributed by atoms with Gasteiger partial charge in [0.05, 0.1) is 4.92 Å². The van der Waals surface area contributed by atoms with Crippen LogP contribution in [0.3, 0.4) is 0 Å². The Morgan fingerprint density at radius 1 is 1.38 bits per heavy atom. The molecule has 0 atom stereocenters. The fraction of sp³-hybridized carbons (Fsp3) is 0.250. The lowest BCUT2D eigenvalue weighted by Gasteiger charge is -2.07. The van der Waals surface area contributed by atoms with Gasteiger partial charge in [0.1, 0.15) is 5.56 Å². The van der Waals surface area contributed by atoms with E-state index in [-0.39, 0.29) is 20.5 Å². The molecule has 4 nitrogen and oxygen atoms in total. The number of benzene rings is 1. The van der Waals surface area contributed by atoms with Gasteiger partial charge in [-0.15, -0.1) is 0 Å². The Morgan fingerprint density at radius 2 is 1.94 bits per heavy atom. The third-order valence-electron chi connectivity index (χ3n) is 1.80. The van der Waals surface area contributed by atoms with Gasteiger partial charge in [-0.1, -0.05) is 6.07 Å². The fourth-order valence-electron chi connectivity index (χ4n) is 1.09. The number of nitro groups is 1. The van der Waals surface area contributed by atoms with Gasteiger partial charge in [-0.2, -0.15) is 13.2 Å². The van der Waals surface area contributed by atoms with Crippen molar-refractivity contribution in [2.45, 2.75) is 12.7 Å². The van der Waals surface area contributed by atoms with Crippen LogP contribution in [0.1, 0.15) is 11.1 Å². The molecule has 0 aliphatic rings. The van der Waals surface area contributed by atoms with Crippen LogP contribution in [0.15, 0.2) is 18.2 Å². The number of hydrogen-bond acceptors (Lipinski definition) is 3. The number of nitro benzene ring substituents is 1. The first-order chi connectivity index (χ1) is 6.86. The Balaban J connectivity index is 0.00000225. The summed E-state index contributed by atoms with van der Waals surface area (Å²) >= 11 is 0. The van der Waals surface area contributed by atoms with Crippen molar-refractivity contribution in [1.29, 1.82) is 0 Å². The molecule has 0 heterocycles. The highest BCUT2D eigenvalue weighted by molar-refractivity contribution is 5.75. The first kappa shape index (κ1) is 14.4. The van der Waals surface area contributed by atoms with E-state index in [1.54, 1.807) is 0 Å². The van der Waals surface area contributed by atoms with E-state index in [1.165, 1.54) is 0 Å². The van der Waals surface area contributed by atoms with Crippen molar-refractivity contribution >= 4 is 14.1 Å². The van der Waals surface area contributed by atoms with Crippen molar-refractivity contribution in [3.63, 3.8) is 0 Å². The van der Waals surface area contributed by atoms with E-state index in [4.69, 9.17) is 5.73 Å². The third kappa shape index (κ3) is 2.96. The molecule has 0 aliphatic heterocycles. The molecule has 8 heteroatoms. The molecule has 0 bridgehead atoms. The predicted molar refractivity (Wildman–Crippen MR) is 51.7 cm³/mol. The van der Waals surface area contributed by atoms with E-state index in [2.05, 4.69) is 0 Å². The van der Waals surface area contributed by atoms with Gasteiger partial charge >= 0.3 is 6.18 Å².